The molecule has 0 unspecified atom stereocenters. The summed E-state index contributed by atoms with van der Waals surface area (Å²) in [6.45, 7) is 3.25. The van der Waals surface area contributed by atoms with Gasteiger partial charge in [-0.25, -0.2) is 8.42 Å². The number of rotatable bonds is 6. The van der Waals surface area contributed by atoms with Crippen LogP contribution in [0.5, 0.6) is 5.75 Å². The first-order valence-corrected chi connectivity index (χ1v) is 8.95. The Kier molecular flexibility index (Phi) is 3.73. The highest BCUT2D eigenvalue weighted by molar-refractivity contribution is 7.89. The maximum Gasteiger partial charge on any atom is 0.214 e. The summed E-state index contributed by atoms with van der Waals surface area (Å²) in [6.07, 6.45) is 3.55. The Hall–Kier alpha value is -1.07. The molecule has 110 valence electrons. The number of benzene rings is 1. The quantitative estimate of drug-likeness (QED) is 0.806. The number of nitrogens with zero attached hydrogens (tertiary/aromatic N) is 1. The monoisotopic (exact) mass is 295 g/mol. The van der Waals surface area contributed by atoms with Crippen molar-refractivity contribution in [2.75, 3.05) is 18.9 Å². The van der Waals surface area contributed by atoms with Gasteiger partial charge in [-0.15, -0.1) is 0 Å². The average Bonchev–Trinajstić information content (AvgIpc) is 3.13. The Morgan fingerprint density at radius 2 is 2.15 bits per heavy atom. The Balaban J connectivity index is 1.66. The van der Waals surface area contributed by atoms with Gasteiger partial charge >= 0.3 is 0 Å². The van der Waals surface area contributed by atoms with E-state index in [2.05, 4.69) is 6.07 Å². The smallest absolute Gasteiger partial charge is 0.214 e. The van der Waals surface area contributed by atoms with Gasteiger partial charge in [-0.3, -0.25) is 0 Å². The standard InChI is InChI=1S/C15H21NO3S/c1-2-16(14-4-5-14)20(17,18)10-8-12-3-6-15-13(11-12)7-9-19-15/h3,6,11,14H,2,4-5,7-10H2,1H3. The molecule has 20 heavy (non-hydrogen) atoms. The highest BCUT2D eigenvalue weighted by atomic mass is 32.2. The van der Waals surface area contributed by atoms with Crippen LogP contribution in [0.25, 0.3) is 0 Å². The predicted octanol–water partition coefficient (Wildman–Crippen LogP) is 1.98. The van der Waals surface area contributed by atoms with Crippen LogP contribution in [0, 0.1) is 0 Å². The summed E-state index contributed by atoms with van der Waals surface area (Å²) in [5.74, 6) is 1.15. The Bertz CT molecular complexity index is 593. The highest BCUT2D eigenvalue weighted by Crippen LogP contribution is 2.30. The normalized spacial score (nSPS) is 18.1. The van der Waals surface area contributed by atoms with Crippen molar-refractivity contribution >= 4 is 10.0 Å². The van der Waals surface area contributed by atoms with Crippen LogP contribution in [-0.2, 0) is 22.9 Å². The van der Waals surface area contributed by atoms with Crippen molar-refractivity contribution in [3.63, 3.8) is 0 Å². The van der Waals surface area contributed by atoms with E-state index in [0.29, 0.717) is 13.0 Å². The Morgan fingerprint density at radius 3 is 2.85 bits per heavy atom. The van der Waals surface area contributed by atoms with Crippen LogP contribution in [0.2, 0.25) is 0 Å². The van der Waals surface area contributed by atoms with Crippen LogP contribution in [0.4, 0.5) is 0 Å². The van der Waals surface area contributed by atoms with Gasteiger partial charge in [-0.2, -0.15) is 4.31 Å². The van der Waals surface area contributed by atoms with Gasteiger partial charge in [0.1, 0.15) is 5.75 Å². The summed E-state index contributed by atoms with van der Waals surface area (Å²) in [5, 5.41) is 0. The van der Waals surface area contributed by atoms with Crippen molar-refractivity contribution in [3.05, 3.63) is 29.3 Å². The van der Waals surface area contributed by atoms with Gasteiger partial charge in [-0.05, 0) is 36.5 Å². The van der Waals surface area contributed by atoms with Crippen molar-refractivity contribution in [1.82, 2.24) is 4.31 Å². The number of hydrogen-bond donors (Lipinski definition) is 0. The van der Waals surface area contributed by atoms with Crippen LogP contribution >= 0.6 is 0 Å². The van der Waals surface area contributed by atoms with E-state index in [1.54, 1.807) is 4.31 Å². The van der Waals surface area contributed by atoms with Gasteiger partial charge in [0.25, 0.3) is 0 Å². The lowest BCUT2D eigenvalue weighted by atomic mass is 10.1. The van der Waals surface area contributed by atoms with Gasteiger partial charge in [0.05, 0.1) is 12.4 Å². The molecule has 0 spiro atoms. The third-order valence-corrected chi connectivity index (χ3v) is 6.02. The highest BCUT2D eigenvalue weighted by Gasteiger charge is 2.35. The van der Waals surface area contributed by atoms with Gasteiger partial charge < -0.3 is 4.74 Å². The number of ether oxygens (including phenoxy) is 1. The van der Waals surface area contributed by atoms with Crippen molar-refractivity contribution < 1.29 is 13.2 Å². The largest absolute Gasteiger partial charge is 0.493 e. The SMILES string of the molecule is CCN(C1CC1)S(=O)(=O)CCc1ccc2c(c1)CCO2. The molecule has 5 heteroatoms. The summed E-state index contributed by atoms with van der Waals surface area (Å²) in [7, 11) is -3.12. The molecule has 1 aliphatic heterocycles. The zero-order valence-electron chi connectivity index (χ0n) is 11.8. The summed E-state index contributed by atoms with van der Waals surface area (Å²) in [5.41, 5.74) is 2.29. The molecule has 0 radical (unpaired) electrons. The van der Waals surface area contributed by atoms with Gasteiger partial charge in [0.15, 0.2) is 0 Å². The first kappa shape index (κ1) is 13.9. The van der Waals surface area contributed by atoms with Crippen molar-refractivity contribution in [2.45, 2.75) is 38.6 Å². The molecule has 1 aromatic carbocycles. The van der Waals surface area contributed by atoms with Crippen LogP contribution in [0.3, 0.4) is 0 Å². The van der Waals surface area contributed by atoms with Gasteiger partial charge in [0, 0.05) is 19.0 Å². The molecule has 0 aromatic heterocycles. The van der Waals surface area contributed by atoms with Crippen molar-refractivity contribution in [2.24, 2.45) is 0 Å². The molecule has 1 saturated carbocycles. The zero-order chi connectivity index (χ0) is 14.2. The maximum absolute atomic E-state index is 12.4. The van der Waals surface area contributed by atoms with Crippen LogP contribution in [0.15, 0.2) is 18.2 Å². The van der Waals surface area contributed by atoms with Crippen molar-refractivity contribution in [3.8, 4) is 5.75 Å². The van der Waals surface area contributed by atoms with E-state index < -0.39 is 10.0 Å². The maximum atomic E-state index is 12.4. The minimum atomic E-state index is -3.12. The lowest BCUT2D eigenvalue weighted by molar-refractivity contribution is 0.357. The van der Waals surface area contributed by atoms with E-state index in [9.17, 15) is 8.42 Å². The first-order chi connectivity index (χ1) is 9.60. The van der Waals surface area contributed by atoms with E-state index in [-0.39, 0.29) is 11.8 Å². The number of hydrogen-bond acceptors (Lipinski definition) is 3. The fraction of sp³-hybridized carbons (Fsp3) is 0.600. The van der Waals surface area contributed by atoms with E-state index in [4.69, 9.17) is 4.74 Å². The molecule has 4 nitrogen and oxygen atoms in total. The van der Waals surface area contributed by atoms with Crippen LogP contribution in [0.1, 0.15) is 30.9 Å². The minimum Gasteiger partial charge on any atom is -0.493 e. The first-order valence-electron chi connectivity index (χ1n) is 7.34. The molecular formula is C15H21NO3S. The van der Waals surface area contributed by atoms with E-state index in [0.717, 1.165) is 37.2 Å². The van der Waals surface area contributed by atoms with E-state index in [1.807, 2.05) is 19.1 Å². The lowest BCUT2D eigenvalue weighted by Gasteiger charge is -2.19. The number of aryl methyl sites for hydroxylation is 1. The molecule has 0 atom stereocenters. The second kappa shape index (κ2) is 5.37. The van der Waals surface area contributed by atoms with E-state index >= 15 is 0 Å². The molecule has 1 fully saturated rings. The summed E-state index contributed by atoms with van der Waals surface area (Å²) in [4.78, 5) is 0. The molecule has 0 saturated heterocycles. The number of fused-ring (bicyclic) bond motifs is 1. The predicted molar refractivity (Wildman–Crippen MR) is 78.5 cm³/mol. The summed E-state index contributed by atoms with van der Waals surface area (Å²) < 4.78 is 31.8. The third kappa shape index (κ3) is 2.83. The fourth-order valence-corrected chi connectivity index (χ4v) is 4.59. The topological polar surface area (TPSA) is 46.6 Å². The third-order valence-electron chi connectivity index (χ3n) is 4.03. The molecular weight excluding hydrogens is 274 g/mol. The fourth-order valence-electron chi connectivity index (χ4n) is 2.80. The lowest BCUT2D eigenvalue weighted by Crippen LogP contribution is -2.35. The average molecular weight is 295 g/mol. The number of sulfonamides is 1. The van der Waals surface area contributed by atoms with Gasteiger partial charge in [-0.1, -0.05) is 19.1 Å². The Morgan fingerprint density at radius 1 is 1.35 bits per heavy atom. The second-order valence-electron chi connectivity index (χ2n) is 5.54. The molecule has 3 rings (SSSR count). The molecule has 0 bridgehead atoms. The summed E-state index contributed by atoms with van der Waals surface area (Å²) >= 11 is 0. The zero-order valence-corrected chi connectivity index (χ0v) is 12.7. The molecule has 0 amide bonds. The van der Waals surface area contributed by atoms with Crippen molar-refractivity contribution in [1.29, 1.82) is 0 Å². The molecule has 1 heterocycles. The second-order valence-corrected chi connectivity index (χ2v) is 7.58. The Labute approximate surface area is 120 Å². The van der Waals surface area contributed by atoms with Crippen LogP contribution in [-0.4, -0.2) is 37.7 Å². The molecule has 1 aromatic rings. The minimum absolute atomic E-state index is 0.205. The van der Waals surface area contributed by atoms with E-state index in [1.165, 1.54) is 5.56 Å². The van der Waals surface area contributed by atoms with Gasteiger partial charge in [0.2, 0.25) is 10.0 Å². The van der Waals surface area contributed by atoms with Crippen LogP contribution < -0.4 is 4.74 Å². The molecule has 0 N–H and O–H groups in total. The summed E-state index contributed by atoms with van der Waals surface area (Å²) in [6, 6.07) is 6.29. The molecule has 1 aliphatic carbocycles. The molecule has 2 aliphatic rings.